The van der Waals surface area contributed by atoms with E-state index in [2.05, 4.69) is 10.3 Å². The minimum absolute atomic E-state index is 0.0106. The second-order valence-electron chi connectivity index (χ2n) is 3.36. The second-order valence-corrected chi connectivity index (χ2v) is 3.36. The van der Waals surface area contributed by atoms with Crippen molar-refractivity contribution in [1.82, 2.24) is 10.3 Å². The van der Waals surface area contributed by atoms with Gasteiger partial charge in [-0.1, -0.05) is 0 Å². The zero-order valence-corrected chi connectivity index (χ0v) is 9.33. The molecule has 2 unspecified atom stereocenters. The molecule has 0 fully saturated rings. The van der Waals surface area contributed by atoms with Gasteiger partial charge in [0.2, 0.25) is 0 Å². The van der Waals surface area contributed by atoms with Gasteiger partial charge in [-0.15, -0.1) is 0 Å². The molecule has 4 heteroatoms. The molecule has 0 bridgehead atoms. The van der Waals surface area contributed by atoms with Crippen LogP contribution < -0.4 is 5.32 Å². The molecule has 0 aromatic carbocycles. The Balaban J connectivity index is 2.82. The number of hydrogen-bond donors (Lipinski definition) is 1. The molecular weight excluding hydrogens is 195 g/mol. The van der Waals surface area contributed by atoms with Crippen molar-refractivity contribution in [2.24, 2.45) is 0 Å². The van der Waals surface area contributed by atoms with E-state index in [1.807, 2.05) is 20.9 Å². The zero-order valence-electron chi connectivity index (χ0n) is 9.33. The molecule has 0 aliphatic carbocycles. The Kier molecular flexibility index (Phi) is 4.65. The number of likely N-dealkylation sites (N-methyl/N-ethyl adjacent to an activating group) is 1. The van der Waals surface area contributed by atoms with E-state index in [9.17, 15) is 4.39 Å². The molecule has 0 amide bonds. The van der Waals surface area contributed by atoms with Crippen molar-refractivity contribution in [3.05, 3.63) is 29.8 Å². The van der Waals surface area contributed by atoms with Crippen molar-refractivity contribution >= 4 is 0 Å². The third-order valence-electron chi connectivity index (χ3n) is 2.30. The van der Waals surface area contributed by atoms with Crippen LogP contribution in [0.3, 0.4) is 0 Å². The fourth-order valence-electron chi connectivity index (χ4n) is 1.63. The molecule has 1 heterocycles. The summed E-state index contributed by atoms with van der Waals surface area (Å²) in [7, 11) is 1.82. The number of halogens is 1. The fraction of sp³-hybridized carbons (Fsp3) is 0.545. The first-order valence-corrected chi connectivity index (χ1v) is 5.08. The van der Waals surface area contributed by atoms with Gasteiger partial charge in [-0.3, -0.25) is 4.98 Å². The van der Waals surface area contributed by atoms with Gasteiger partial charge in [0.1, 0.15) is 5.82 Å². The van der Waals surface area contributed by atoms with E-state index in [1.54, 1.807) is 6.20 Å². The monoisotopic (exact) mass is 212 g/mol. The number of nitrogens with zero attached hydrogens (tertiary/aromatic N) is 1. The molecule has 1 rings (SSSR count). The van der Waals surface area contributed by atoms with E-state index in [1.165, 1.54) is 12.3 Å². The minimum Gasteiger partial charge on any atom is -0.377 e. The molecule has 3 nitrogen and oxygen atoms in total. The maximum atomic E-state index is 13.0. The lowest BCUT2D eigenvalue weighted by Gasteiger charge is -2.23. The van der Waals surface area contributed by atoms with Gasteiger partial charge in [-0.05, 0) is 32.5 Å². The van der Waals surface area contributed by atoms with Crippen LogP contribution in [0.1, 0.15) is 25.5 Å². The molecule has 1 N–H and O–H groups in total. The molecule has 1 aromatic rings. The van der Waals surface area contributed by atoms with Crippen molar-refractivity contribution in [1.29, 1.82) is 0 Å². The highest BCUT2D eigenvalue weighted by Gasteiger charge is 2.18. The van der Waals surface area contributed by atoms with Gasteiger partial charge in [0.15, 0.2) is 0 Å². The van der Waals surface area contributed by atoms with Gasteiger partial charge in [0, 0.05) is 12.8 Å². The number of nitrogens with one attached hydrogen (secondary N) is 1. The summed E-state index contributed by atoms with van der Waals surface area (Å²) in [6, 6.07) is 1.44. The number of pyridine rings is 1. The average molecular weight is 212 g/mol. The molecule has 0 aliphatic rings. The summed E-state index contributed by atoms with van der Waals surface area (Å²) >= 11 is 0. The maximum Gasteiger partial charge on any atom is 0.141 e. The van der Waals surface area contributed by atoms with Crippen LogP contribution in [0.25, 0.3) is 0 Å². The first kappa shape index (κ1) is 12.1. The van der Waals surface area contributed by atoms with Crippen LogP contribution in [0.2, 0.25) is 0 Å². The van der Waals surface area contributed by atoms with E-state index in [0.717, 1.165) is 5.56 Å². The van der Waals surface area contributed by atoms with E-state index in [4.69, 9.17) is 4.74 Å². The highest BCUT2D eigenvalue weighted by molar-refractivity contribution is 5.16. The van der Waals surface area contributed by atoms with Crippen LogP contribution in [0.15, 0.2) is 18.5 Å². The van der Waals surface area contributed by atoms with Crippen LogP contribution in [-0.4, -0.2) is 24.7 Å². The van der Waals surface area contributed by atoms with Crippen molar-refractivity contribution in [2.75, 3.05) is 13.7 Å². The van der Waals surface area contributed by atoms with Crippen LogP contribution in [0, 0.1) is 5.82 Å². The Hall–Kier alpha value is -1.00. The topological polar surface area (TPSA) is 34.1 Å². The number of aromatic nitrogens is 1. The standard InChI is InChI=1S/C11H17FN2O/c1-4-15-8(2)11(13-3)9-5-10(12)7-14-6-9/h5-8,11,13H,4H2,1-3H3. The number of hydrogen-bond acceptors (Lipinski definition) is 3. The van der Waals surface area contributed by atoms with E-state index in [-0.39, 0.29) is 18.0 Å². The average Bonchev–Trinajstić information content (AvgIpc) is 2.19. The lowest BCUT2D eigenvalue weighted by atomic mass is 10.0. The lowest BCUT2D eigenvalue weighted by molar-refractivity contribution is 0.0491. The van der Waals surface area contributed by atoms with Crippen LogP contribution in [0.4, 0.5) is 4.39 Å². The third kappa shape index (κ3) is 3.25. The summed E-state index contributed by atoms with van der Waals surface area (Å²) in [6.45, 7) is 4.53. The smallest absolute Gasteiger partial charge is 0.141 e. The van der Waals surface area contributed by atoms with Crippen molar-refractivity contribution < 1.29 is 9.13 Å². The summed E-state index contributed by atoms with van der Waals surface area (Å²) in [5.41, 5.74) is 0.804. The highest BCUT2D eigenvalue weighted by Crippen LogP contribution is 2.18. The predicted octanol–water partition coefficient (Wildman–Crippen LogP) is 1.91. The minimum atomic E-state index is -0.323. The first-order valence-electron chi connectivity index (χ1n) is 5.08. The molecule has 0 saturated carbocycles. The summed E-state index contributed by atoms with van der Waals surface area (Å²) < 4.78 is 18.5. The first-order chi connectivity index (χ1) is 7.19. The van der Waals surface area contributed by atoms with Crippen LogP contribution in [0.5, 0.6) is 0 Å². The van der Waals surface area contributed by atoms with Gasteiger partial charge >= 0.3 is 0 Å². The number of ether oxygens (including phenoxy) is 1. The molecule has 15 heavy (non-hydrogen) atoms. The second kappa shape index (κ2) is 5.78. The normalized spacial score (nSPS) is 14.9. The van der Waals surface area contributed by atoms with Gasteiger partial charge in [-0.25, -0.2) is 4.39 Å². The molecule has 2 atom stereocenters. The Bertz CT molecular complexity index is 306. The van der Waals surface area contributed by atoms with Gasteiger partial charge in [-0.2, -0.15) is 0 Å². The van der Waals surface area contributed by atoms with Gasteiger partial charge in [0.05, 0.1) is 18.3 Å². The largest absolute Gasteiger partial charge is 0.377 e. The summed E-state index contributed by atoms with van der Waals surface area (Å²) in [5, 5.41) is 3.10. The van der Waals surface area contributed by atoms with Gasteiger partial charge in [0.25, 0.3) is 0 Å². The molecule has 0 spiro atoms. The summed E-state index contributed by atoms with van der Waals surface area (Å²) in [5.74, 6) is -0.323. The molecule has 0 aliphatic heterocycles. The fourth-order valence-corrected chi connectivity index (χ4v) is 1.63. The van der Waals surface area contributed by atoms with Crippen molar-refractivity contribution in [2.45, 2.75) is 26.0 Å². The SMILES string of the molecule is CCOC(C)C(NC)c1cncc(F)c1. The predicted molar refractivity (Wildman–Crippen MR) is 57.1 cm³/mol. The van der Waals surface area contributed by atoms with Crippen molar-refractivity contribution in [3.8, 4) is 0 Å². The summed E-state index contributed by atoms with van der Waals surface area (Å²) in [6.07, 6.45) is 2.84. The molecule has 84 valence electrons. The van der Waals surface area contributed by atoms with Crippen molar-refractivity contribution in [3.63, 3.8) is 0 Å². The molecule has 0 radical (unpaired) electrons. The van der Waals surface area contributed by atoms with E-state index in [0.29, 0.717) is 6.61 Å². The molecule has 1 aromatic heterocycles. The maximum absolute atomic E-state index is 13.0. The van der Waals surface area contributed by atoms with Crippen LogP contribution >= 0.6 is 0 Å². The van der Waals surface area contributed by atoms with Gasteiger partial charge < -0.3 is 10.1 Å². The zero-order chi connectivity index (χ0) is 11.3. The third-order valence-corrected chi connectivity index (χ3v) is 2.30. The summed E-state index contributed by atoms with van der Waals surface area (Å²) in [4.78, 5) is 3.83. The lowest BCUT2D eigenvalue weighted by Crippen LogP contribution is -2.29. The Morgan fingerprint density at radius 1 is 1.53 bits per heavy atom. The highest BCUT2D eigenvalue weighted by atomic mass is 19.1. The quantitative estimate of drug-likeness (QED) is 0.809. The Morgan fingerprint density at radius 2 is 2.27 bits per heavy atom. The van der Waals surface area contributed by atoms with E-state index >= 15 is 0 Å². The van der Waals surface area contributed by atoms with E-state index < -0.39 is 0 Å². The number of rotatable bonds is 5. The van der Waals surface area contributed by atoms with Crippen LogP contribution in [-0.2, 0) is 4.74 Å². The Morgan fingerprint density at radius 3 is 2.80 bits per heavy atom. The Labute approximate surface area is 89.7 Å². The molecular formula is C11H17FN2O. The molecule has 0 saturated heterocycles.